The lowest BCUT2D eigenvalue weighted by atomic mass is 10.0. The molecule has 5 nitrogen and oxygen atoms in total. The molecule has 146 valence electrons. The summed E-state index contributed by atoms with van der Waals surface area (Å²) in [6.45, 7) is 4.69. The molecule has 3 aromatic rings. The van der Waals surface area contributed by atoms with Gasteiger partial charge in [-0.15, -0.1) is 0 Å². The van der Waals surface area contributed by atoms with E-state index in [0.29, 0.717) is 18.8 Å². The van der Waals surface area contributed by atoms with Crippen LogP contribution >= 0.6 is 0 Å². The van der Waals surface area contributed by atoms with Crippen molar-refractivity contribution in [3.05, 3.63) is 71.8 Å². The summed E-state index contributed by atoms with van der Waals surface area (Å²) in [4.78, 5) is 12.3. The number of carbonyl (C=O) groups is 1. The summed E-state index contributed by atoms with van der Waals surface area (Å²) < 4.78 is 5.85. The lowest BCUT2D eigenvalue weighted by Gasteiger charge is -2.15. The van der Waals surface area contributed by atoms with Gasteiger partial charge in [0.1, 0.15) is 5.75 Å². The van der Waals surface area contributed by atoms with E-state index in [0.717, 1.165) is 27.6 Å². The van der Waals surface area contributed by atoms with Gasteiger partial charge in [-0.25, -0.2) is 0 Å². The van der Waals surface area contributed by atoms with Crippen molar-refractivity contribution in [2.24, 2.45) is 0 Å². The zero-order valence-corrected chi connectivity index (χ0v) is 16.2. The van der Waals surface area contributed by atoms with Crippen molar-refractivity contribution in [3.63, 3.8) is 0 Å². The van der Waals surface area contributed by atoms with Crippen LogP contribution in [0.15, 0.2) is 60.7 Å². The number of aliphatic hydroxyl groups excluding tert-OH is 1. The molecule has 0 saturated carbocycles. The van der Waals surface area contributed by atoms with E-state index in [1.807, 2.05) is 67.6 Å². The number of fused-ring (bicyclic) bond motifs is 1. The first-order chi connectivity index (χ1) is 13.5. The number of anilines is 1. The Labute approximate surface area is 165 Å². The van der Waals surface area contributed by atoms with E-state index in [-0.39, 0.29) is 12.5 Å². The number of carbonyl (C=O) groups excluding carboxylic acids is 1. The number of hydrogen-bond acceptors (Lipinski definition) is 4. The average molecular weight is 378 g/mol. The van der Waals surface area contributed by atoms with Gasteiger partial charge in [-0.1, -0.05) is 48.0 Å². The molecule has 0 aliphatic carbocycles. The molecule has 28 heavy (non-hydrogen) atoms. The Bertz CT molecular complexity index is 936. The molecule has 3 aromatic carbocycles. The molecule has 3 rings (SSSR count). The lowest BCUT2D eigenvalue weighted by Crippen LogP contribution is -2.25. The number of rotatable bonds is 8. The molecule has 0 fully saturated rings. The summed E-state index contributed by atoms with van der Waals surface area (Å²) in [6.07, 6.45) is -0.431. The van der Waals surface area contributed by atoms with Crippen molar-refractivity contribution in [1.29, 1.82) is 0 Å². The third kappa shape index (κ3) is 5.31. The van der Waals surface area contributed by atoms with Gasteiger partial charge in [0.05, 0.1) is 6.10 Å². The topological polar surface area (TPSA) is 70.6 Å². The zero-order valence-electron chi connectivity index (χ0n) is 16.2. The molecule has 0 spiro atoms. The van der Waals surface area contributed by atoms with Gasteiger partial charge in [0.2, 0.25) is 0 Å². The van der Waals surface area contributed by atoms with E-state index in [9.17, 15) is 9.90 Å². The van der Waals surface area contributed by atoms with Gasteiger partial charge in [-0.3, -0.25) is 4.79 Å². The van der Waals surface area contributed by atoms with E-state index in [4.69, 9.17) is 4.74 Å². The molecule has 0 unspecified atom stereocenters. The summed E-state index contributed by atoms with van der Waals surface area (Å²) in [5, 5.41) is 17.7. The van der Waals surface area contributed by atoms with Gasteiger partial charge in [0.15, 0.2) is 6.61 Å². The fourth-order valence-electron chi connectivity index (χ4n) is 3.02. The number of benzene rings is 3. The van der Waals surface area contributed by atoms with Crippen LogP contribution in [0.5, 0.6) is 5.75 Å². The molecule has 0 aromatic heterocycles. The van der Waals surface area contributed by atoms with Crippen LogP contribution in [0.4, 0.5) is 5.69 Å². The molecule has 5 heteroatoms. The monoisotopic (exact) mass is 378 g/mol. The van der Waals surface area contributed by atoms with Crippen LogP contribution in [-0.2, 0) is 11.3 Å². The van der Waals surface area contributed by atoms with Crippen LogP contribution in [0.25, 0.3) is 10.8 Å². The quantitative estimate of drug-likeness (QED) is 0.560. The number of ether oxygens (including phenoxy) is 1. The maximum atomic E-state index is 12.3. The molecule has 0 radical (unpaired) electrons. The molecule has 0 saturated heterocycles. The highest BCUT2D eigenvalue weighted by Gasteiger charge is 2.11. The summed E-state index contributed by atoms with van der Waals surface area (Å²) >= 11 is 0. The Kier molecular flexibility index (Phi) is 6.63. The Hall–Kier alpha value is -2.89. The SMILES string of the molecule is Cc1ccc(NC(=O)COc2ccc3ccccc3c2CNC[C@@H](C)O)cc1. The standard InChI is InChI=1S/C23H26N2O3/c1-16-7-10-19(11-8-16)25-23(27)15-28-22-12-9-18-5-3-4-6-20(18)21(22)14-24-13-17(2)26/h3-12,17,24,26H,13-15H2,1-2H3,(H,25,27)/t17-/m1/s1. The lowest BCUT2D eigenvalue weighted by molar-refractivity contribution is -0.118. The molecule has 0 aliphatic heterocycles. The summed E-state index contributed by atoms with van der Waals surface area (Å²) in [6, 6.07) is 19.6. The highest BCUT2D eigenvalue weighted by atomic mass is 16.5. The average Bonchev–Trinajstić information content (AvgIpc) is 2.68. The van der Waals surface area contributed by atoms with Gasteiger partial charge in [-0.2, -0.15) is 0 Å². The van der Waals surface area contributed by atoms with Crippen LogP contribution in [-0.4, -0.2) is 30.3 Å². The second-order valence-corrected chi connectivity index (χ2v) is 6.95. The Morgan fingerprint density at radius 2 is 1.82 bits per heavy atom. The maximum Gasteiger partial charge on any atom is 0.262 e. The fraction of sp³-hybridized carbons (Fsp3) is 0.261. The van der Waals surface area contributed by atoms with Gasteiger partial charge in [-0.05, 0) is 42.8 Å². The maximum absolute atomic E-state index is 12.3. The van der Waals surface area contributed by atoms with Gasteiger partial charge in [0, 0.05) is 24.3 Å². The van der Waals surface area contributed by atoms with E-state index >= 15 is 0 Å². The van der Waals surface area contributed by atoms with Crippen molar-refractivity contribution in [2.45, 2.75) is 26.5 Å². The normalized spacial score (nSPS) is 12.0. The van der Waals surface area contributed by atoms with Crippen molar-refractivity contribution in [3.8, 4) is 5.75 Å². The third-order valence-electron chi connectivity index (χ3n) is 4.43. The van der Waals surface area contributed by atoms with Gasteiger partial charge < -0.3 is 20.5 Å². The minimum atomic E-state index is -0.431. The van der Waals surface area contributed by atoms with Crippen LogP contribution < -0.4 is 15.4 Å². The van der Waals surface area contributed by atoms with Gasteiger partial charge in [0.25, 0.3) is 5.91 Å². The summed E-state index contributed by atoms with van der Waals surface area (Å²) in [5.74, 6) is 0.454. The van der Waals surface area contributed by atoms with Crippen LogP contribution in [0, 0.1) is 6.92 Å². The van der Waals surface area contributed by atoms with Crippen LogP contribution in [0.3, 0.4) is 0 Å². The smallest absolute Gasteiger partial charge is 0.262 e. The predicted octanol–water partition coefficient (Wildman–Crippen LogP) is 3.64. The number of nitrogens with one attached hydrogen (secondary N) is 2. The van der Waals surface area contributed by atoms with Crippen LogP contribution in [0.1, 0.15) is 18.1 Å². The molecule has 1 atom stereocenters. The molecule has 1 amide bonds. The van der Waals surface area contributed by atoms with E-state index in [1.165, 1.54) is 0 Å². The molecule has 0 aliphatic rings. The third-order valence-corrected chi connectivity index (χ3v) is 4.43. The molecular formula is C23H26N2O3. The number of aryl methyl sites for hydroxylation is 1. The van der Waals surface area contributed by atoms with E-state index in [1.54, 1.807) is 6.92 Å². The second-order valence-electron chi connectivity index (χ2n) is 6.95. The molecule has 0 bridgehead atoms. The van der Waals surface area contributed by atoms with E-state index in [2.05, 4.69) is 10.6 Å². The largest absolute Gasteiger partial charge is 0.483 e. The highest BCUT2D eigenvalue weighted by molar-refractivity contribution is 5.92. The highest BCUT2D eigenvalue weighted by Crippen LogP contribution is 2.28. The first-order valence-corrected chi connectivity index (χ1v) is 9.41. The number of aliphatic hydroxyl groups is 1. The molecule has 0 heterocycles. The van der Waals surface area contributed by atoms with Crippen molar-refractivity contribution >= 4 is 22.4 Å². The summed E-state index contributed by atoms with van der Waals surface area (Å²) in [5.41, 5.74) is 2.86. The number of amides is 1. The van der Waals surface area contributed by atoms with Crippen molar-refractivity contribution < 1.29 is 14.6 Å². The first-order valence-electron chi connectivity index (χ1n) is 9.41. The van der Waals surface area contributed by atoms with Crippen molar-refractivity contribution in [2.75, 3.05) is 18.5 Å². The molecule has 3 N–H and O–H groups in total. The van der Waals surface area contributed by atoms with Gasteiger partial charge >= 0.3 is 0 Å². The fourth-order valence-corrected chi connectivity index (χ4v) is 3.02. The van der Waals surface area contributed by atoms with E-state index < -0.39 is 6.10 Å². The first kappa shape index (κ1) is 19.9. The van der Waals surface area contributed by atoms with Crippen LogP contribution in [0.2, 0.25) is 0 Å². The second kappa shape index (κ2) is 9.35. The summed E-state index contributed by atoms with van der Waals surface area (Å²) in [7, 11) is 0. The minimum Gasteiger partial charge on any atom is -0.483 e. The van der Waals surface area contributed by atoms with Crippen molar-refractivity contribution in [1.82, 2.24) is 5.32 Å². The zero-order chi connectivity index (χ0) is 19.9. The Morgan fingerprint density at radius 1 is 1.07 bits per heavy atom. The Morgan fingerprint density at radius 3 is 2.57 bits per heavy atom. The Balaban J connectivity index is 1.72. The minimum absolute atomic E-state index is 0.0738. The predicted molar refractivity (Wildman–Crippen MR) is 113 cm³/mol. The molecular weight excluding hydrogens is 352 g/mol. The number of hydrogen-bond donors (Lipinski definition) is 3.